The topological polar surface area (TPSA) is 83.5 Å². The van der Waals surface area contributed by atoms with Crippen LogP contribution in [0.15, 0.2) is 16.3 Å². The van der Waals surface area contributed by atoms with Crippen LogP contribution in [0, 0.1) is 5.92 Å². The number of rotatable bonds is 5. The number of hydrogen-bond acceptors (Lipinski definition) is 4. The zero-order valence-electron chi connectivity index (χ0n) is 9.21. The fraction of sp³-hybridized carbons (Fsp3) is 0.500. The fourth-order valence-electron chi connectivity index (χ4n) is 1.77. The lowest BCUT2D eigenvalue weighted by molar-refractivity contribution is 0.0698. The second-order valence-electron chi connectivity index (χ2n) is 4.05. The number of hydrogen-bond donors (Lipinski definition) is 2. The lowest BCUT2D eigenvalue weighted by Gasteiger charge is -2.05. The quantitative estimate of drug-likeness (QED) is 0.853. The van der Waals surface area contributed by atoms with Gasteiger partial charge in [0.1, 0.15) is 9.77 Å². The lowest BCUT2D eigenvalue weighted by Crippen LogP contribution is -2.27. The molecule has 2 unspecified atom stereocenters. The number of sulfonamides is 1. The first kappa shape index (κ1) is 12.5. The third-order valence-corrected chi connectivity index (χ3v) is 5.43. The van der Waals surface area contributed by atoms with Gasteiger partial charge in [-0.15, -0.1) is 11.3 Å². The molecule has 0 saturated heterocycles. The summed E-state index contributed by atoms with van der Waals surface area (Å²) in [6.07, 6.45) is 1.77. The third kappa shape index (κ3) is 2.51. The first-order chi connectivity index (χ1) is 7.95. The van der Waals surface area contributed by atoms with E-state index in [0.717, 1.165) is 24.2 Å². The molecule has 1 aliphatic carbocycles. The van der Waals surface area contributed by atoms with Crippen molar-refractivity contribution in [1.82, 2.24) is 4.72 Å². The Hall–Kier alpha value is -0.920. The Labute approximate surface area is 104 Å². The molecule has 1 aromatic heterocycles. The molecule has 1 saturated carbocycles. The van der Waals surface area contributed by atoms with E-state index >= 15 is 0 Å². The first-order valence-electron chi connectivity index (χ1n) is 5.29. The monoisotopic (exact) mass is 275 g/mol. The predicted octanol–water partition coefficient (Wildman–Crippen LogP) is 1.52. The fourth-order valence-corrected chi connectivity index (χ4v) is 4.35. The van der Waals surface area contributed by atoms with Gasteiger partial charge in [0.2, 0.25) is 10.0 Å². The number of thiophene rings is 1. The van der Waals surface area contributed by atoms with Crippen LogP contribution in [0.3, 0.4) is 0 Å². The van der Waals surface area contributed by atoms with Crippen molar-refractivity contribution in [3.8, 4) is 0 Å². The molecule has 1 heterocycles. The number of aromatic carboxylic acids is 1. The van der Waals surface area contributed by atoms with Crippen molar-refractivity contribution in [3.63, 3.8) is 0 Å². The minimum Gasteiger partial charge on any atom is -0.477 e. The molecule has 0 aromatic carbocycles. The number of carboxylic acids is 1. The van der Waals surface area contributed by atoms with E-state index in [9.17, 15) is 13.2 Å². The molecule has 17 heavy (non-hydrogen) atoms. The molecule has 2 N–H and O–H groups in total. The zero-order chi connectivity index (χ0) is 12.6. The van der Waals surface area contributed by atoms with E-state index in [-0.39, 0.29) is 15.8 Å². The van der Waals surface area contributed by atoms with Crippen LogP contribution in [-0.2, 0) is 10.0 Å². The van der Waals surface area contributed by atoms with Crippen molar-refractivity contribution >= 4 is 27.3 Å². The van der Waals surface area contributed by atoms with Crippen molar-refractivity contribution in [2.24, 2.45) is 5.92 Å². The van der Waals surface area contributed by atoms with Crippen LogP contribution in [0.2, 0.25) is 0 Å². The second kappa shape index (κ2) is 4.40. The van der Waals surface area contributed by atoms with E-state index in [1.165, 1.54) is 11.4 Å². The Morgan fingerprint density at radius 2 is 2.35 bits per heavy atom. The summed E-state index contributed by atoms with van der Waals surface area (Å²) in [7, 11) is -3.69. The van der Waals surface area contributed by atoms with Gasteiger partial charge in [0, 0.05) is 6.04 Å². The van der Waals surface area contributed by atoms with Gasteiger partial charge in [-0.25, -0.2) is 17.9 Å². The molecule has 1 fully saturated rings. The van der Waals surface area contributed by atoms with Gasteiger partial charge in [-0.3, -0.25) is 0 Å². The molecule has 1 aromatic rings. The first-order valence-corrected chi connectivity index (χ1v) is 7.65. The highest BCUT2D eigenvalue weighted by Crippen LogP contribution is 2.35. The molecule has 5 nitrogen and oxygen atoms in total. The van der Waals surface area contributed by atoms with Crippen LogP contribution in [-0.4, -0.2) is 25.5 Å². The highest BCUT2D eigenvalue weighted by molar-refractivity contribution is 7.89. The molecule has 0 spiro atoms. The smallest absolute Gasteiger partial charge is 0.347 e. The zero-order valence-corrected chi connectivity index (χ0v) is 10.8. The summed E-state index contributed by atoms with van der Waals surface area (Å²) < 4.78 is 26.5. The van der Waals surface area contributed by atoms with Crippen molar-refractivity contribution in [2.45, 2.75) is 30.7 Å². The molecule has 2 rings (SSSR count). The average Bonchev–Trinajstić information content (AvgIpc) is 2.80. The Bertz CT molecular complexity index is 534. The van der Waals surface area contributed by atoms with Gasteiger partial charge in [0.25, 0.3) is 0 Å². The normalized spacial score (nSPS) is 23.6. The van der Waals surface area contributed by atoms with E-state index in [0.29, 0.717) is 5.92 Å². The molecular formula is C10H13NO4S2. The molecule has 0 amide bonds. The molecule has 7 heteroatoms. The van der Waals surface area contributed by atoms with Crippen molar-refractivity contribution < 1.29 is 18.3 Å². The van der Waals surface area contributed by atoms with Crippen LogP contribution >= 0.6 is 11.3 Å². The van der Waals surface area contributed by atoms with Crippen molar-refractivity contribution in [1.29, 1.82) is 0 Å². The SMILES string of the molecule is CCC1CC1NS(=O)(=O)c1ccsc1C(=O)O. The van der Waals surface area contributed by atoms with Gasteiger partial charge in [-0.2, -0.15) is 0 Å². The van der Waals surface area contributed by atoms with Gasteiger partial charge in [-0.1, -0.05) is 13.3 Å². The van der Waals surface area contributed by atoms with Crippen LogP contribution < -0.4 is 4.72 Å². The van der Waals surface area contributed by atoms with Gasteiger partial charge >= 0.3 is 5.97 Å². The Balaban J connectivity index is 2.20. The van der Waals surface area contributed by atoms with Crippen LogP contribution in [0.4, 0.5) is 0 Å². The summed E-state index contributed by atoms with van der Waals surface area (Å²) in [5, 5.41) is 10.4. The van der Waals surface area contributed by atoms with Crippen molar-refractivity contribution in [2.75, 3.05) is 0 Å². The number of carbonyl (C=O) groups is 1. The summed E-state index contributed by atoms with van der Waals surface area (Å²) in [5.74, 6) is -0.820. The van der Waals surface area contributed by atoms with E-state index in [2.05, 4.69) is 4.72 Å². The third-order valence-electron chi connectivity index (χ3n) is 2.87. The second-order valence-corrected chi connectivity index (χ2v) is 6.65. The lowest BCUT2D eigenvalue weighted by atomic mass is 10.3. The maximum absolute atomic E-state index is 12.0. The molecular weight excluding hydrogens is 262 g/mol. The van der Waals surface area contributed by atoms with Crippen LogP contribution in [0.1, 0.15) is 29.4 Å². The molecule has 0 aliphatic heterocycles. The summed E-state index contributed by atoms with van der Waals surface area (Å²) in [4.78, 5) is 10.6. The molecule has 94 valence electrons. The van der Waals surface area contributed by atoms with E-state index in [1.54, 1.807) is 0 Å². The average molecular weight is 275 g/mol. The summed E-state index contributed by atoms with van der Waals surface area (Å²) in [6, 6.07) is 1.30. The highest BCUT2D eigenvalue weighted by atomic mass is 32.2. The summed E-state index contributed by atoms with van der Waals surface area (Å²) in [6.45, 7) is 2.01. The number of nitrogens with one attached hydrogen (secondary N) is 1. The van der Waals surface area contributed by atoms with E-state index < -0.39 is 16.0 Å². The minimum atomic E-state index is -3.69. The largest absolute Gasteiger partial charge is 0.477 e. The summed E-state index contributed by atoms with van der Waals surface area (Å²) in [5.41, 5.74) is 0. The predicted molar refractivity (Wildman–Crippen MR) is 63.8 cm³/mol. The molecule has 1 aliphatic rings. The standard InChI is InChI=1S/C10H13NO4S2/c1-2-6-5-7(6)11-17(14,15)8-3-4-16-9(8)10(12)13/h3-4,6-7,11H,2,5H2,1H3,(H,12,13). The maximum atomic E-state index is 12.0. The van der Waals surface area contributed by atoms with E-state index in [1.807, 2.05) is 6.92 Å². The van der Waals surface area contributed by atoms with Gasteiger partial charge in [0.05, 0.1) is 0 Å². The molecule has 2 atom stereocenters. The Kier molecular flexibility index (Phi) is 3.24. The van der Waals surface area contributed by atoms with Crippen LogP contribution in [0.5, 0.6) is 0 Å². The Morgan fingerprint density at radius 3 is 2.88 bits per heavy atom. The number of carboxylic acid groups (broad SMARTS) is 1. The molecule has 0 radical (unpaired) electrons. The van der Waals surface area contributed by atoms with Crippen molar-refractivity contribution in [3.05, 3.63) is 16.3 Å². The molecule has 0 bridgehead atoms. The highest BCUT2D eigenvalue weighted by Gasteiger charge is 2.39. The maximum Gasteiger partial charge on any atom is 0.347 e. The van der Waals surface area contributed by atoms with Gasteiger partial charge < -0.3 is 5.11 Å². The van der Waals surface area contributed by atoms with Crippen LogP contribution in [0.25, 0.3) is 0 Å². The van der Waals surface area contributed by atoms with Gasteiger partial charge in [0.15, 0.2) is 0 Å². The summed E-state index contributed by atoms with van der Waals surface area (Å²) >= 11 is 0.920. The van der Waals surface area contributed by atoms with Gasteiger partial charge in [-0.05, 0) is 23.8 Å². The Morgan fingerprint density at radius 1 is 1.65 bits per heavy atom. The van der Waals surface area contributed by atoms with E-state index in [4.69, 9.17) is 5.11 Å². The minimum absolute atomic E-state index is 0.0356.